The van der Waals surface area contributed by atoms with E-state index in [9.17, 15) is 0 Å². The van der Waals surface area contributed by atoms with Gasteiger partial charge < -0.3 is 0 Å². The van der Waals surface area contributed by atoms with E-state index in [1.54, 1.807) is 70.3 Å². The van der Waals surface area contributed by atoms with Gasteiger partial charge in [0.2, 0.25) is 0 Å². The summed E-state index contributed by atoms with van der Waals surface area (Å²) in [7, 11) is 0. The van der Waals surface area contributed by atoms with Crippen LogP contribution in [0.5, 0.6) is 0 Å². The number of hydrogen-bond acceptors (Lipinski definition) is 2. The van der Waals surface area contributed by atoms with Gasteiger partial charge in [0.15, 0.2) is 0 Å². The van der Waals surface area contributed by atoms with Crippen molar-refractivity contribution in [3.8, 4) is 9.75 Å². The zero-order valence-electron chi connectivity index (χ0n) is 26.3. The molecule has 0 atom stereocenters. The highest BCUT2D eigenvalue weighted by atomic mass is 32.1. The second-order valence-corrected chi connectivity index (χ2v) is 14.5. The van der Waals surface area contributed by atoms with Gasteiger partial charge in [-0.1, -0.05) is 31.4 Å². The molecule has 0 spiro atoms. The smallest absolute Gasteiger partial charge is 0.0486 e. The van der Waals surface area contributed by atoms with E-state index in [0.717, 1.165) is 0 Å². The zero-order valence-corrected chi connectivity index (χ0v) is 27.9. The molecule has 0 radical (unpaired) electrons. The van der Waals surface area contributed by atoms with Crippen LogP contribution >= 0.6 is 22.7 Å². The maximum Gasteiger partial charge on any atom is 0.0486 e. The molecule has 0 nitrogen and oxygen atoms in total. The molecule has 40 heavy (non-hydrogen) atoms. The molecule has 2 aromatic rings. The van der Waals surface area contributed by atoms with Crippen molar-refractivity contribution in [1.82, 2.24) is 0 Å². The number of aryl methyl sites for hydroxylation is 1. The Kier molecular flexibility index (Phi) is 10.1. The van der Waals surface area contributed by atoms with Crippen LogP contribution in [-0.2, 0) is 25.7 Å². The number of thiophene rings is 2. The Morgan fingerprint density at radius 3 is 2.15 bits per heavy atom. The average molecular weight is 573 g/mol. The molecule has 0 saturated heterocycles. The van der Waals surface area contributed by atoms with Gasteiger partial charge in [-0.25, -0.2) is 0 Å². The van der Waals surface area contributed by atoms with E-state index in [0.29, 0.717) is 0 Å². The van der Waals surface area contributed by atoms with Crippen LogP contribution in [0.15, 0.2) is 44.9 Å². The summed E-state index contributed by atoms with van der Waals surface area (Å²) in [5.41, 5.74) is 17.9. The minimum Gasteiger partial charge on any atom is -0.142 e. The third kappa shape index (κ3) is 5.96. The molecule has 0 N–H and O–H groups in total. The molecule has 0 aromatic carbocycles. The molecule has 0 unspecified atom stereocenters. The summed E-state index contributed by atoms with van der Waals surface area (Å²) in [4.78, 5) is 4.93. The van der Waals surface area contributed by atoms with Gasteiger partial charge in [0.1, 0.15) is 0 Å². The lowest BCUT2D eigenvalue weighted by Crippen LogP contribution is -2.07. The topological polar surface area (TPSA) is 0 Å². The molecular formula is C38H52S2. The van der Waals surface area contributed by atoms with Gasteiger partial charge in [-0.05, 0) is 186 Å². The maximum absolute atomic E-state index is 2.51. The van der Waals surface area contributed by atoms with Gasteiger partial charge in [-0.3, -0.25) is 0 Å². The molecule has 5 rings (SSSR count). The SMILES string of the molecule is C\C=C(C)/C(CCCC)=C(C)/C(C)=C1\CCCC\C1=C(\C)c1sc(-c2scc3c2CCCCC3)c2c1CCCC2. The Morgan fingerprint density at radius 1 is 0.750 bits per heavy atom. The second kappa shape index (κ2) is 13.6. The van der Waals surface area contributed by atoms with Crippen molar-refractivity contribution in [2.45, 2.75) is 144 Å². The van der Waals surface area contributed by atoms with Crippen LogP contribution in [0.4, 0.5) is 0 Å². The number of unbranched alkanes of at least 4 members (excludes halogenated alkanes) is 1. The van der Waals surface area contributed by atoms with Crippen LogP contribution in [0, 0.1) is 0 Å². The molecule has 3 aliphatic carbocycles. The summed E-state index contributed by atoms with van der Waals surface area (Å²) in [5, 5.41) is 2.51. The Labute approximate surface area is 253 Å². The number of allylic oxidation sites excluding steroid dienone is 8. The lowest BCUT2D eigenvalue weighted by molar-refractivity contribution is 0.673. The minimum atomic E-state index is 1.20. The first-order chi connectivity index (χ1) is 19.5. The van der Waals surface area contributed by atoms with Crippen LogP contribution in [0.25, 0.3) is 15.3 Å². The van der Waals surface area contributed by atoms with E-state index in [4.69, 9.17) is 0 Å². The van der Waals surface area contributed by atoms with Crippen molar-refractivity contribution in [1.29, 1.82) is 0 Å². The first-order valence-corrected chi connectivity index (χ1v) is 18.1. The van der Waals surface area contributed by atoms with Crippen molar-refractivity contribution in [2.24, 2.45) is 0 Å². The lowest BCUT2D eigenvalue weighted by Gasteiger charge is -2.26. The molecule has 2 aromatic heterocycles. The van der Waals surface area contributed by atoms with Gasteiger partial charge in [0.05, 0.1) is 0 Å². The Balaban J connectivity index is 1.63. The van der Waals surface area contributed by atoms with Gasteiger partial charge in [-0.15, -0.1) is 22.7 Å². The lowest BCUT2D eigenvalue weighted by atomic mass is 9.80. The van der Waals surface area contributed by atoms with E-state index in [2.05, 4.69) is 75.7 Å². The molecule has 1 fully saturated rings. The highest BCUT2D eigenvalue weighted by Gasteiger charge is 2.28. The fourth-order valence-corrected chi connectivity index (χ4v) is 10.3. The molecule has 2 heterocycles. The predicted molar refractivity (Wildman–Crippen MR) is 181 cm³/mol. The van der Waals surface area contributed by atoms with E-state index >= 15 is 0 Å². The third-order valence-corrected chi connectivity index (χ3v) is 12.8. The Morgan fingerprint density at radius 2 is 1.40 bits per heavy atom. The van der Waals surface area contributed by atoms with Crippen LogP contribution in [0.3, 0.4) is 0 Å². The van der Waals surface area contributed by atoms with E-state index in [1.165, 1.54) is 108 Å². The van der Waals surface area contributed by atoms with Crippen LogP contribution in [0.1, 0.15) is 146 Å². The number of fused-ring (bicyclic) bond motifs is 2. The molecule has 0 aliphatic heterocycles. The highest BCUT2D eigenvalue weighted by Crippen LogP contribution is 2.49. The second-order valence-electron chi connectivity index (χ2n) is 12.6. The highest BCUT2D eigenvalue weighted by molar-refractivity contribution is 7.22. The minimum absolute atomic E-state index is 1.20. The molecule has 2 heteroatoms. The Hall–Kier alpha value is -1.64. The summed E-state index contributed by atoms with van der Waals surface area (Å²) < 4.78 is 0. The molecule has 0 amide bonds. The molecule has 0 bridgehead atoms. The van der Waals surface area contributed by atoms with Crippen molar-refractivity contribution < 1.29 is 0 Å². The normalized spacial score (nSPS) is 21.4. The summed E-state index contributed by atoms with van der Waals surface area (Å²) in [6.07, 6.45) is 23.2. The Bertz CT molecular complexity index is 1350. The van der Waals surface area contributed by atoms with Crippen molar-refractivity contribution in [3.63, 3.8) is 0 Å². The summed E-state index contributed by atoms with van der Waals surface area (Å²) >= 11 is 4.23. The zero-order chi connectivity index (χ0) is 28.2. The van der Waals surface area contributed by atoms with E-state index in [-0.39, 0.29) is 0 Å². The summed E-state index contributed by atoms with van der Waals surface area (Å²) in [6, 6.07) is 0. The van der Waals surface area contributed by atoms with E-state index < -0.39 is 0 Å². The third-order valence-electron chi connectivity index (χ3n) is 10.2. The summed E-state index contributed by atoms with van der Waals surface area (Å²) in [6.45, 7) is 14.2. The van der Waals surface area contributed by atoms with Crippen LogP contribution in [-0.4, -0.2) is 0 Å². The quantitative estimate of drug-likeness (QED) is 0.229. The van der Waals surface area contributed by atoms with Crippen molar-refractivity contribution >= 4 is 28.2 Å². The number of rotatable bonds is 7. The van der Waals surface area contributed by atoms with Crippen molar-refractivity contribution in [3.05, 3.63) is 72.0 Å². The van der Waals surface area contributed by atoms with Gasteiger partial charge in [0.25, 0.3) is 0 Å². The first kappa shape index (κ1) is 29.8. The molecular weight excluding hydrogens is 521 g/mol. The van der Waals surface area contributed by atoms with Crippen LogP contribution in [0.2, 0.25) is 0 Å². The molecule has 216 valence electrons. The fourth-order valence-electron chi connectivity index (χ4n) is 7.54. The monoisotopic (exact) mass is 572 g/mol. The van der Waals surface area contributed by atoms with Gasteiger partial charge >= 0.3 is 0 Å². The molecule has 3 aliphatic rings. The summed E-state index contributed by atoms with van der Waals surface area (Å²) in [5.74, 6) is 0. The van der Waals surface area contributed by atoms with Crippen LogP contribution < -0.4 is 0 Å². The predicted octanol–water partition coefficient (Wildman–Crippen LogP) is 12.8. The van der Waals surface area contributed by atoms with Gasteiger partial charge in [-0.2, -0.15) is 0 Å². The average Bonchev–Trinajstić information content (AvgIpc) is 3.48. The molecule has 1 saturated carbocycles. The van der Waals surface area contributed by atoms with E-state index in [1.807, 2.05) is 0 Å². The van der Waals surface area contributed by atoms with Gasteiger partial charge in [0, 0.05) is 14.6 Å². The fraction of sp³-hybridized carbons (Fsp3) is 0.579. The number of hydrogen-bond donors (Lipinski definition) is 0. The first-order valence-electron chi connectivity index (χ1n) is 16.4. The largest absolute Gasteiger partial charge is 0.142 e. The standard InChI is InChI=1S/C38H52S2/c1-7-9-18-30(25(3)8-2)26(4)27(5)31-19-13-14-20-32(31)28(6)36-34-22-15-16-23-35(34)38(40-36)37-33-21-12-10-11-17-29(33)24-39-37/h8,24H,7,9-23H2,1-6H3/b25-8-,30-26+,31-27+,32-28+. The maximum atomic E-state index is 2.51. The van der Waals surface area contributed by atoms with Crippen molar-refractivity contribution in [2.75, 3.05) is 0 Å².